The van der Waals surface area contributed by atoms with Crippen LogP contribution in [0, 0.1) is 10.1 Å². The molecule has 0 aliphatic heterocycles. The summed E-state index contributed by atoms with van der Waals surface area (Å²) in [5, 5.41) is 15.8. The number of hydrogen-bond acceptors (Lipinski definition) is 8. The Kier molecular flexibility index (Phi) is 7.97. The van der Waals surface area contributed by atoms with Crippen LogP contribution in [0.4, 0.5) is 5.69 Å². The van der Waals surface area contributed by atoms with Crippen LogP contribution in [0.3, 0.4) is 0 Å². The van der Waals surface area contributed by atoms with E-state index in [-0.39, 0.29) is 28.3 Å². The molecule has 0 saturated carbocycles. The topological polar surface area (TPSA) is 126 Å². The maximum absolute atomic E-state index is 13.4. The number of nitro groups is 1. The molecule has 5 rings (SSSR count). The van der Waals surface area contributed by atoms with Gasteiger partial charge >= 0.3 is 5.97 Å². The first-order chi connectivity index (χ1) is 19.8. The predicted octanol–water partition coefficient (Wildman–Crippen LogP) is 6.23. The molecule has 10 nitrogen and oxygen atoms in total. The van der Waals surface area contributed by atoms with Gasteiger partial charge in [-0.1, -0.05) is 40.2 Å². The molecule has 4 aromatic carbocycles. The number of ether oxygens (including phenoxy) is 2. The Balaban J connectivity index is 1.48. The van der Waals surface area contributed by atoms with Gasteiger partial charge in [0.2, 0.25) is 0 Å². The average Bonchev–Trinajstić information content (AvgIpc) is 2.98. The van der Waals surface area contributed by atoms with Crippen molar-refractivity contribution in [3.63, 3.8) is 0 Å². The van der Waals surface area contributed by atoms with E-state index in [1.54, 1.807) is 43.3 Å². The summed E-state index contributed by atoms with van der Waals surface area (Å²) in [6, 6.07) is 24.4. The van der Waals surface area contributed by atoms with Crippen LogP contribution in [0.2, 0.25) is 0 Å². The average molecular weight is 613 g/mol. The van der Waals surface area contributed by atoms with Gasteiger partial charge in [0, 0.05) is 22.2 Å². The first-order valence-corrected chi connectivity index (χ1v) is 13.2. The predicted molar refractivity (Wildman–Crippen MR) is 158 cm³/mol. The lowest BCUT2D eigenvalue weighted by Gasteiger charge is -2.12. The number of carbonyl (C=O) groups excluding carboxylic acids is 1. The van der Waals surface area contributed by atoms with E-state index in [1.807, 2.05) is 30.3 Å². The fourth-order valence-electron chi connectivity index (χ4n) is 3.98. The lowest BCUT2D eigenvalue weighted by molar-refractivity contribution is -0.384. The van der Waals surface area contributed by atoms with Crippen LogP contribution in [0.15, 0.2) is 105 Å². The van der Waals surface area contributed by atoms with Crippen LogP contribution < -0.4 is 15.0 Å². The van der Waals surface area contributed by atoms with Gasteiger partial charge in [-0.2, -0.15) is 9.78 Å². The first kappa shape index (κ1) is 27.4. The Hall–Kier alpha value is -5.16. The third-order valence-corrected chi connectivity index (χ3v) is 6.49. The highest BCUT2D eigenvalue weighted by Crippen LogP contribution is 2.29. The number of hydrogen-bond donors (Lipinski definition) is 0. The molecule has 0 N–H and O–H groups in total. The van der Waals surface area contributed by atoms with Crippen molar-refractivity contribution < 1.29 is 19.2 Å². The first-order valence-electron chi connectivity index (χ1n) is 12.4. The number of carbonyl (C=O) groups is 1. The molecule has 0 radical (unpaired) electrons. The van der Waals surface area contributed by atoms with Crippen molar-refractivity contribution >= 4 is 44.7 Å². The number of aromatic nitrogens is 2. The van der Waals surface area contributed by atoms with Crippen molar-refractivity contribution in [1.29, 1.82) is 0 Å². The fourth-order valence-corrected chi connectivity index (χ4v) is 4.24. The third-order valence-electron chi connectivity index (χ3n) is 5.96. The van der Waals surface area contributed by atoms with E-state index < -0.39 is 10.9 Å². The highest BCUT2D eigenvalue weighted by atomic mass is 79.9. The number of non-ortho nitro benzene ring substituents is 1. The minimum atomic E-state index is -0.699. The summed E-state index contributed by atoms with van der Waals surface area (Å²) in [6.07, 6.45) is 1.49. The molecule has 0 aliphatic rings. The van der Waals surface area contributed by atoms with Gasteiger partial charge in [0.1, 0.15) is 0 Å². The number of benzene rings is 4. The van der Waals surface area contributed by atoms with Gasteiger partial charge in [0.05, 0.1) is 34.2 Å². The fraction of sp³-hybridized carbons (Fsp3) is 0.0667. The summed E-state index contributed by atoms with van der Waals surface area (Å²) in [7, 11) is 0. The van der Waals surface area contributed by atoms with Gasteiger partial charge in [0.25, 0.3) is 11.2 Å². The van der Waals surface area contributed by atoms with E-state index in [0.717, 1.165) is 4.47 Å². The summed E-state index contributed by atoms with van der Waals surface area (Å²) in [6.45, 7) is 2.08. The SMILES string of the molecule is CCOc1cc(C=Nn2c(-c3ccc(Br)cc3)nc3ccccc3c2=O)ccc1OC(=O)c1ccc([N+](=O)[O-])cc1. The molecule has 0 aliphatic carbocycles. The Bertz CT molecular complexity index is 1850. The van der Waals surface area contributed by atoms with Crippen molar-refractivity contribution in [3.8, 4) is 22.9 Å². The lowest BCUT2D eigenvalue weighted by Crippen LogP contribution is -2.20. The van der Waals surface area contributed by atoms with Crippen molar-refractivity contribution in [2.45, 2.75) is 6.92 Å². The number of nitrogens with zero attached hydrogens (tertiary/aromatic N) is 4. The zero-order valence-electron chi connectivity index (χ0n) is 21.6. The third kappa shape index (κ3) is 6.04. The number of para-hydroxylation sites is 1. The van der Waals surface area contributed by atoms with Crippen LogP contribution in [-0.4, -0.2) is 33.4 Å². The molecule has 0 bridgehead atoms. The molecule has 0 atom stereocenters. The molecule has 0 spiro atoms. The second kappa shape index (κ2) is 11.9. The number of fused-ring (bicyclic) bond motifs is 1. The molecular formula is C30H21BrN4O6. The maximum atomic E-state index is 13.4. The summed E-state index contributed by atoms with van der Waals surface area (Å²) in [4.78, 5) is 41.1. The maximum Gasteiger partial charge on any atom is 0.343 e. The largest absolute Gasteiger partial charge is 0.490 e. The molecule has 5 aromatic rings. The molecule has 11 heteroatoms. The van der Waals surface area contributed by atoms with E-state index in [4.69, 9.17) is 14.5 Å². The highest BCUT2D eigenvalue weighted by molar-refractivity contribution is 9.10. The Labute approximate surface area is 241 Å². The smallest absolute Gasteiger partial charge is 0.343 e. The van der Waals surface area contributed by atoms with E-state index in [1.165, 1.54) is 35.2 Å². The van der Waals surface area contributed by atoms with Crippen molar-refractivity contribution in [2.24, 2.45) is 5.10 Å². The van der Waals surface area contributed by atoms with Gasteiger partial charge in [-0.25, -0.2) is 9.78 Å². The van der Waals surface area contributed by atoms with E-state index in [9.17, 15) is 19.7 Å². The molecule has 0 fully saturated rings. The van der Waals surface area contributed by atoms with Gasteiger partial charge < -0.3 is 9.47 Å². The van der Waals surface area contributed by atoms with Crippen LogP contribution in [0.5, 0.6) is 11.5 Å². The second-order valence-electron chi connectivity index (χ2n) is 8.65. The number of nitro benzene ring substituents is 1. The van der Waals surface area contributed by atoms with Gasteiger partial charge in [-0.15, -0.1) is 0 Å². The van der Waals surface area contributed by atoms with Gasteiger partial charge in [-0.3, -0.25) is 14.9 Å². The van der Waals surface area contributed by atoms with Crippen molar-refractivity contribution in [2.75, 3.05) is 6.61 Å². The monoisotopic (exact) mass is 612 g/mol. The van der Waals surface area contributed by atoms with Crippen LogP contribution >= 0.6 is 15.9 Å². The van der Waals surface area contributed by atoms with E-state index >= 15 is 0 Å². The zero-order valence-corrected chi connectivity index (χ0v) is 23.1. The Morgan fingerprint density at radius 3 is 2.46 bits per heavy atom. The highest BCUT2D eigenvalue weighted by Gasteiger charge is 2.16. The Morgan fingerprint density at radius 1 is 1.02 bits per heavy atom. The van der Waals surface area contributed by atoms with Gasteiger partial charge in [-0.05, 0) is 67.1 Å². The van der Waals surface area contributed by atoms with Crippen LogP contribution in [0.25, 0.3) is 22.3 Å². The summed E-state index contributed by atoms with van der Waals surface area (Å²) >= 11 is 3.43. The van der Waals surface area contributed by atoms with E-state index in [2.05, 4.69) is 21.0 Å². The molecule has 0 unspecified atom stereocenters. The molecule has 41 heavy (non-hydrogen) atoms. The van der Waals surface area contributed by atoms with E-state index in [0.29, 0.717) is 34.5 Å². The molecule has 0 amide bonds. The lowest BCUT2D eigenvalue weighted by atomic mass is 10.2. The minimum absolute atomic E-state index is 0.135. The zero-order chi connectivity index (χ0) is 28.9. The standard InChI is InChI=1S/C30H21BrN4O6/c1-2-40-27-17-19(7-16-26(27)41-30(37)21-10-14-23(15-11-21)35(38)39)18-32-34-28(20-8-12-22(31)13-9-20)33-25-6-4-3-5-24(25)29(34)36/h3-18H,2H2,1H3. The summed E-state index contributed by atoms with van der Waals surface area (Å²) in [5.41, 5.74) is 1.52. The second-order valence-corrected chi connectivity index (χ2v) is 9.57. The van der Waals surface area contributed by atoms with Crippen molar-refractivity contribution in [3.05, 3.63) is 127 Å². The molecule has 204 valence electrons. The molecule has 1 aromatic heterocycles. The quantitative estimate of drug-likeness (QED) is 0.0667. The number of halogens is 1. The number of esters is 1. The van der Waals surface area contributed by atoms with Crippen LogP contribution in [0.1, 0.15) is 22.8 Å². The normalized spacial score (nSPS) is 11.1. The Morgan fingerprint density at radius 2 is 1.76 bits per heavy atom. The summed E-state index contributed by atoms with van der Waals surface area (Å²) < 4.78 is 13.3. The minimum Gasteiger partial charge on any atom is -0.490 e. The molecular weight excluding hydrogens is 592 g/mol. The number of rotatable bonds is 8. The van der Waals surface area contributed by atoms with Gasteiger partial charge in [0.15, 0.2) is 17.3 Å². The summed E-state index contributed by atoms with van der Waals surface area (Å²) in [5.74, 6) is 0.114. The van der Waals surface area contributed by atoms with Crippen molar-refractivity contribution in [1.82, 2.24) is 9.66 Å². The van der Waals surface area contributed by atoms with Crippen LogP contribution in [-0.2, 0) is 0 Å². The molecule has 0 saturated heterocycles. The molecule has 1 heterocycles.